The van der Waals surface area contributed by atoms with E-state index in [1.165, 1.54) is 12.8 Å². The van der Waals surface area contributed by atoms with Crippen LogP contribution in [-0.4, -0.2) is 62.3 Å². The molecule has 0 radical (unpaired) electrons. The van der Waals surface area contributed by atoms with Crippen LogP contribution < -0.4 is 5.32 Å². The maximum atomic E-state index is 5.48. The first kappa shape index (κ1) is 20.3. The molecule has 1 heterocycles. The number of rotatable bonds is 6. The fourth-order valence-electron chi connectivity index (χ4n) is 2.32. The quantitative estimate of drug-likeness (QED) is 0.411. The molecule has 1 N–H and O–H groups in total. The van der Waals surface area contributed by atoms with E-state index in [2.05, 4.69) is 35.4 Å². The van der Waals surface area contributed by atoms with Crippen LogP contribution in [-0.2, 0) is 4.74 Å². The van der Waals surface area contributed by atoms with Crippen molar-refractivity contribution in [3.05, 3.63) is 0 Å². The zero-order chi connectivity index (χ0) is 14.1. The number of aliphatic imine (C=N–C) groups is 1. The van der Waals surface area contributed by atoms with E-state index >= 15 is 0 Å². The summed E-state index contributed by atoms with van der Waals surface area (Å²) in [6.45, 7) is 6.01. The van der Waals surface area contributed by atoms with Crippen LogP contribution in [0.4, 0.5) is 0 Å². The van der Waals surface area contributed by atoms with Crippen LogP contribution >= 0.6 is 35.7 Å². The van der Waals surface area contributed by atoms with Gasteiger partial charge >= 0.3 is 0 Å². The summed E-state index contributed by atoms with van der Waals surface area (Å²) in [6, 6.07) is 0. The molecular weight excluding hydrogens is 385 g/mol. The van der Waals surface area contributed by atoms with E-state index in [0.717, 1.165) is 45.1 Å². The minimum atomic E-state index is 0. The first-order chi connectivity index (χ1) is 9.17. The molecule has 1 aliphatic heterocycles. The van der Waals surface area contributed by atoms with Crippen molar-refractivity contribution in [2.24, 2.45) is 4.99 Å². The molecule has 1 rings (SSSR count). The highest BCUT2D eigenvalue weighted by Gasteiger charge is 2.32. The molecule has 1 fully saturated rings. The predicted octanol–water partition coefficient (Wildman–Crippen LogP) is 2.82. The minimum Gasteiger partial charge on any atom is -0.381 e. The molecule has 6 heteroatoms. The molecule has 0 spiro atoms. The Morgan fingerprint density at radius 3 is 2.55 bits per heavy atom. The maximum absolute atomic E-state index is 5.48. The molecule has 0 amide bonds. The lowest BCUT2D eigenvalue weighted by Crippen LogP contribution is -2.48. The van der Waals surface area contributed by atoms with Gasteiger partial charge in [0.05, 0.1) is 0 Å². The highest BCUT2D eigenvalue weighted by molar-refractivity contribution is 14.0. The Kier molecular flexibility index (Phi) is 11.1. The van der Waals surface area contributed by atoms with E-state index < -0.39 is 0 Å². The average molecular weight is 415 g/mol. The normalized spacial score (nSPS) is 18.3. The lowest BCUT2D eigenvalue weighted by atomic mass is 9.99. The topological polar surface area (TPSA) is 36.9 Å². The van der Waals surface area contributed by atoms with Crippen molar-refractivity contribution >= 4 is 41.7 Å². The van der Waals surface area contributed by atoms with E-state index in [9.17, 15) is 0 Å². The Morgan fingerprint density at radius 2 is 2.05 bits per heavy atom. The number of nitrogens with zero attached hydrogens (tertiary/aromatic N) is 2. The van der Waals surface area contributed by atoms with Crippen LogP contribution in [0.15, 0.2) is 4.99 Å². The number of guanidine groups is 1. The predicted molar refractivity (Wildman–Crippen MR) is 101 cm³/mol. The molecule has 0 aromatic carbocycles. The van der Waals surface area contributed by atoms with E-state index in [-0.39, 0.29) is 24.0 Å². The first-order valence-corrected chi connectivity index (χ1v) is 8.44. The van der Waals surface area contributed by atoms with Gasteiger partial charge in [0.1, 0.15) is 0 Å². The van der Waals surface area contributed by atoms with Gasteiger partial charge in [0.25, 0.3) is 0 Å². The van der Waals surface area contributed by atoms with Crippen molar-refractivity contribution < 1.29 is 4.74 Å². The van der Waals surface area contributed by atoms with Crippen molar-refractivity contribution in [2.45, 2.75) is 37.4 Å². The molecule has 0 aromatic rings. The monoisotopic (exact) mass is 415 g/mol. The van der Waals surface area contributed by atoms with Crippen LogP contribution in [0.1, 0.15) is 32.6 Å². The SMILES string of the molecule is CCCCN(C)C(=NC)NCC1(SC)CCOCC1.I. The summed E-state index contributed by atoms with van der Waals surface area (Å²) < 4.78 is 5.78. The Hall–Kier alpha value is 0.310. The standard InChI is InChI=1S/C14H29N3OS.HI/c1-5-6-9-17(3)13(15-2)16-12-14(19-4)7-10-18-11-8-14;/h5-12H2,1-4H3,(H,15,16);1H. The Labute approximate surface area is 145 Å². The number of hydrogen-bond donors (Lipinski definition) is 1. The highest BCUT2D eigenvalue weighted by Crippen LogP contribution is 2.32. The lowest BCUT2D eigenvalue weighted by Gasteiger charge is -2.36. The van der Waals surface area contributed by atoms with Crippen molar-refractivity contribution in [3.8, 4) is 0 Å². The van der Waals surface area contributed by atoms with Gasteiger partial charge < -0.3 is 15.0 Å². The molecule has 0 bridgehead atoms. The van der Waals surface area contributed by atoms with Crippen molar-refractivity contribution in [3.63, 3.8) is 0 Å². The zero-order valence-electron chi connectivity index (χ0n) is 13.3. The van der Waals surface area contributed by atoms with Gasteiger partial charge in [-0.05, 0) is 25.5 Å². The Morgan fingerprint density at radius 1 is 1.40 bits per heavy atom. The Bertz CT molecular complexity index is 284. The van der Waals surface area contributed by atoms with Crippen molar-refractivity contribution in [1.29, 1.82) is 0 Å². The summed E-state index contributed by atoms with van der Waals surface area (Å²) in [5.74, 6) is 1.01. The maximum Gasteiger partial charge on any atom is 0.193 e. The van der Waals surface area contributed by atoms with Crippen LogP contribution in [0.3, 0.4) is 0 Å². The van der Waals surface area contributed by atoms with Gasteiger partial charge in [-0.1, -0.05) is 13.3 Å². The number of halogens is 1. The van der Waals surface area contributed by atoms with Crippen LogP contribution in [0.25, 0.3) is 0 Å². The molecule has 4 nitrogen and oxygen atoms in total. The second-order valence-electron chi connectivity index (χ2n) is 5.18. The van der Waals surface area contributed by atoms with E-state index in [1.54, 1.807) is 0 Å². The first-order valence-electron chi connectivity index (χ1n) is 7.22. The second kappa shape index (κ2) is 11.0. The summed E-state index contributed by atoms with van der Waals surface area (Å²) >= 11 is 1.96. The number of ether oxygens (including phenoxy) is 1. The van der Waals surface area contributed by atoms with Gasteiger partial charge in [-0.2, -0.15) is 11.8 Å². The zero-order valence-corrected chi connectivity index (χ0v) is 16.4. The van der Waals surface area contributed by atoms with Gasteiger partial charge in [-0.3, -0.25) is 4.99 Å². The highest BCUT2D eigenvalue weighted by atomic mass is 127. The third-order valence-corrected chi connectivity index (χ3v) is 5.24. The van der Waals surface area contributed by atoms with Gasteiger partial charge in [-0.15, -0.1) is 24.0 Å². The summed E-state index contributed by atoms with van der Waals surface area (Å²) in [5, 5.41) is 3.54. The fourth-order valence-corrected chi connectivity index (χ4v) is 3.11. The molecule has 0 aliphatic carbocycles. The van der Waals surface area contributed by atoms with Crippen molar-refractivity contribution in [2.75, 3.05) is 46.7 Å². The largest absolute Gasteiger partial charge is 0.381 e. The van der Waals surface area contributed by atoms with E-state index in [4.69, 9.17) is 4.74 Å². The van der Waals surface area contributed by atoms with Crippen LogP contribution in [0.5, 0.6) is 0 Å². The third-order valence-electron chi connectivity index (χ3n) is 3.83. The smallest absolute Gasteiger partial charge is 0.193 e. The molecule has 1 saturated heterocycles. The van der Waals surface area contributed by atoms with Gasteiger partial charge in [0.2, 0.25) is 0 Å². The second-order valence-corrected chi connectivity index (χ2v) is 6.45. The molecule has 0 atom stereocenters. The summed E-state index contributed by atoms with van der Waals surface area (Å²) in [4.78, 5) is 6.60. The number of unbranched alkanes of at least 4 members (excludes halogenated alkanes) is 1. The van der Waals surface area contributed by atoms with Crippen LogP contribution in [0, 0.1) is 0 Å². The van der Waals surface area contributed by atoms with Crippen LogP contribution in [0.2, 0.25) is 0 Å². The molecule has 120 valence electrons. The summed E-state index contributed by atoms with van der Waals surface area (Å²) in [5.41, 5.74) is 0. The van der Waals surface area contributed by atoms with Crippen molar-refractivity contribution in [1.82, 2.24) is 10.2 Å². The molecule has 1 aliphatic rings. The Balaban J connectivity index is 0.00000361. The molecule has 0 aromatic heterocycles. The number of thioether (sulfide) groups is 1. The van der Waals surface area contributed by atoms with E-state index in [1.807, 2.05) is 18.8 Å². The van der Waals surface area contributed by atoms with Gasteiger partial charge in [0, 0.05) is 45.1 Å². The number of nitrogens with one attached hydrogen (secondary N) is 1. The fraction of sp³-hybridized carbons (Fsp3) is 0.929. The molecule has 0 saturated carbocycles. The molecule has 0 unspecified atom stereocenters. The molecule has 20 heavy (non-hydrogen) atoms. The number of hydrogen-bond acceptors (Lipinski definition) is 3. The summed E-state index contributed by atoms with van der Waals surface area (Å²) in [7, 11) is 3.97. The average Bonchev–Trinajstić information content (AvgIpc) is 2.46. The summed E-state index contributed by atoms with van der Waals surface area (Å²) in [6.07, 6.45) is 6.87. The van der Waals surface area contributed by atoms with Gasteiger partial charge in [0.15, 0.2) is 5.96 Å². The van der Waals surface area contributed by atoms with Gasteiger partial charge in [-0.25, -0.2) is 0 Å². The third kappa shape index (κ3) is 6.39. The lowest BCUT2D eigenvalue weighted by molar-refractivity contribution is 0.0781. The molecular formula is C14H30IN3OS. The van der Waals surface area contributed by atoms with E-state index in [0.29, 0.717) is 4.75 Å². The minimum absolute atomic E-state index is 0.